The lowest BCUT2D eigenvalue weighted by atomic mass is 9.71. The van der Waals surface area contributed by atoms with Gasteiger partial charge in [0.15, 0.2) is 0 Å². The summed E-state index contributed by atoms with van der Waals surface area (Å²) in [6.07, 6.45) is 10.0. The Kier molecular flexibility index (Phi) is 6.14. The first-order valence-electron chi connectivity index (χ1n) is 13.0. The molecule has 0 amide bonds. The van der Waals surface area contributed by atoms with Gasteiger partial charge in [0.2, 0.25) is 0 Å². The number of para-hydroxylation sites is 1. The second kappa shape index (κ2) is 8.83. The van der Waals surface area contributed by atoms with Crippen molar-refractivity contribution in [2.45, 2.75) is 77.7 Å². The van der Waals surface area contributed by atoms with Crippen LogP contribution in [0.3, 0.4) is 0 Å². The molecular formula is C29H40FN3O. The standard InChI is InChI=1S/C29H40FN3O/c1-6-15-32-17-22(18-32)34-21-11-13-29(5,14-12-21)27-26-24(23-9-7-8-10-25(23)31-26)16-20(2)33(27)19-28(3,4)30/h7-13,20,22,27,31H,6,14-19H2,1-5H3/t20-,27+,29?/m1/s1. The number of aromatic nitrogens is 1. The monoisotopic (exact) mass is 465 g/mol. The van der Waals surface area contributed by atoms with Crippen LogP contribution in [0.4, 0.5) is 4.39 Å². The Bertz CT molecular complexity index is 1090. The smallest absolute Gasteiger partial charge is 0.124 e. The fourth-order valence-corrected chi connectivity index (χ4v) is 6.20. The summed E-state index contributed by atoms with van der Waals surface area (Å²) in [5.41, 5.74) is 2.41. The molecule has 3 atom stereocenters. The van der Waals surface area contributed by atoms with Gasteiger partial charge < -0.3 is 9.72 Å². The summed E-state index contributed by atoms with van der Waals surface area (Å²) in [6.45, 7) is 13.8. The largest absolute Gasteiger partial charge is 0.488 e. The summed E-state index contributed by atoms with van der Waals surface area (Å²) in [4.78, 5) is 8.59. The van der Waals surface area contributed by atoms with Gasteiger partial charge in [-0.1, -0.05) is 38.1 Å². The van der Waals surface area contributed by atoms with Gasteiger partial charge in [0.05, 0.1) is 6.04 Å². The van der Waals surface area contributed by atoms with Gasteiger partial charge in [-0.2, -0.15) is 0 Å². The highest BCUT2D eigenvalue weighted by atomic mass is 19.1. The van der Waals surface area contributed by atoms with E-state index in [-0.39, 0.29) is 17.5 Å². The minimum absolute atomic E-state index is 0.0754. The number of alkyl halides is 1. The molecule has 0 saturated carbocycles. The first kappa shape index (κ1) is 23.6. The van der Waals surface area contributed by atoms with E-state index in [4.69, 9.17) is 4.74 Å². The van der Waals surface area contributed by atoms with E-state index in [0.29, 0.717) is 12.6 Å². The number of halogens is 1. The molecule has 1 unspecified atom stereocenters. The Hall–Kier alpha value is -2.11. The number of H-pyrrole nitrogens is 1. The minimum atomic E-state index is -1.26. The summed E-state index contributed by atoms with van der Waals surface area (Å²) in [6, 6.07) is 8.91. The molecule has 0 radical (unpaired) electrons. The third-order valence-electron chi connectivity index (χ3n) is 7.84. The van der Waals surface area contributed by atoms with Gasteiger partial charge in [-0.25, -0.2) is 4.39 Å². The Labute approximate surface area is 203 Å². The van der Waals surface area contributed by atoms with E-state index in [2.05, 4.69) is 78.0 Å². The van der Waals surface area contributed by atoms with Gasteiger partial charge in [0.1, 0.15) is 17.5 Å². The fraction of sp³-hybridized carbons (Fsp3) is 0.586. The summed E-state index contributed by atoms with van der Waals surface area (Å²) < 4.78 is 21.3. The third-order valence-corrected chi connectivity index (χ3v) is 7.84. The van der Waals surface area contributed by atoms with Crippen LogP contribution in [0.2, 0.25) is 0 Å². The van der Waals surface area contributed by atoms with Gasteiger partial charge in [-0.15, -0.1) is 0 Å². The normalized spacial score (nSPS) is 28.6. The second-order valence-corrected chi connectivity index (χ2v) is 11.6. The van der Waals surface area contributed by atoms with E-state index >= 15 is 4.39 Å². The van der Waals surface area contributed by atoms with Crippen molar-refractivity contribution in [3.63, 3.8) is 0 Å². The Morgan fingerprint density at radius 1 is 1.24 bits per heavy atom. The maximum atomic E-state index is 15.0. The van der Waals surface area contributed by atoms with Crippen LogP contribution >= 0.6 is 0 Å². The zero-order valence-corrected chi connectivity index (χ0v) is 21.4. The zero-order valence-electron chi connectivity index (χ0n) is 21.4. The number of aromatic amines is 1. The van der Waals surface area contributed by atoms with Crippen molar-refractivity contribution in [2.75, 3.05) is 26.2 Å². The predicted molar refractivity (Wildman–Crippen MR) is 138 cm³/mol. The number of hydrogen-bond acceptors (Lipinski definition) is 3. The number of fused-ring (bicyclic) bond motifs is 3. The molecule has 2 aliphatic heterocycles. The SMILES string of the molecule is CCCN1CC(OC2=CCC(C)([C@@H]3c4[nH]c5ccccc5c4C[C@@H](C)N3CC(C)(C)F)C=C2)C1. The molecule has 1 saturated heterocycles. The summed E-state index contributed by atoms with van der Waals surface area (Å²) >= 11 is 0. The molecule has 1 aliphatic carbocycles. The molecule has 1 aromatic carbocycles. The lowest BCUT2D eigenvalue weighted by Crippen LogP contribution is -2.52. The molecule has 0 bridgehead atoms. The maximum Gasteiger partial charge on any atom is 0.124 e. The van der Waals surface area contributed by atoms with Crippen LogP contribution in [-0.4, -0.2) is 58.8 Å². The number of rotatable bonds is 7. The Morgan fingerprint density at radius 3 is 2.68 bits per heavy atom. The number of ether oxygens (including phenoxy) is 1. The molecule has 34 heavy (non-hydrogen) atoms. The average molecular weight is 466 g/mol. The number of nitrogens with one attached hydrogen (secondary N) is 1. The summed E-state index contributed by atoms with van der Waals surface area (Å²) in [7, 11) is 0. The Morgan fingerprint density at radius 2 is 2.00 bits per heavy atom. The predicted octanol–water partition coefficient (Wildman–Crippen LogP) is 6.16. The van der Waals surface area contributed by atoms with Crippen molar-refractivity contribution >= 4 is 10.9 Å². The fourth-order valence-electron chi connectivity index (χ4n) is 6.20. The van der Waals surface area contributed by atoms with Crippen LogP contribution in [0.25, 0.3) is 10.9 Å². The quantitative estimate of drug-likeness (QED) is 0.531. The highest BCUT2D eigenvalue weighted by Crippen LogP contribution is 2.50. The number of allylic oxidation sites excluding steroid dienone is 2. The van der Waals surface area contributed by atoms with Gasteiger partial charge in [0, 0.05) is 47.7 Å². The van der Waals surface area contributed by atoms with Crippen LogP contribution in [0.15, 0.2) is 48.3 Å². The van der Waals surface area contributed by atoms with Crippen LogP contribution in [-0.2, 0) is 11.2 Å². The molecule has 4 nitrogen and oxygen atoms in total. The van der Waals surface area contributed by atoms with Crippen molar-refractivity contribution < 1.29 is 9.13 Å². The van der Waals surface area contributed by atoms with Gasteiger partial charge in [0.25, 0.3) is 0 Å². The van der Waals surface area contributed by atoms with E-state index < -0.39 is 5.67 Å². The number of benzene rings is 1. The highest BCUT2D eigenvalue weighted by molar-refractivity contribution is 5.85. The first-order chi connectivity index (χ1) is 16.2. The molecular weight excluding hydrogens is 425 g/mol. The molecule has 1 fully saturated rings. The highest BCUT2D eigenvalue weighted by Gasteiger charge is 2.46. The van der Waals surface area contributed by atoms with Crippen LogP contribution in [0, 0.1) is 5.41 Å². The lowest BCUT2D eigenvalue weighted by Gasteiger charge is -2.50. The van der Waals surface area contributed by atoms with Crippen molar-refractivity contribution in [3.05, 3.63) is 59.5 Å². The molecule has 5 rings (SSSR count). The third kappa shape index (κ3) is 4.45. The molecule has 1 N–H and O–H groups in total. The van der Waals surface area contributed by atoms with Crippen molar-refractivity contribution in [1.29, 1.82) is 0 Å². The molecule has 5 heteroatoms. The van der Waals surface area contributed by atoms with E-state index in [1.807, 2.05) is 0 Å². The molecule has 3 aliphatic rings. The summed E-state index contributed by atoms with van der Waals surface area (Å²) in [5.74, 6) is 0.983. The Balaban J connectivity index is 1.43. The van der Waals surface area contributed by atoms with E-state index in [9.17, 15) is 0 Å². The maximum absolute atomic E-state index is 15.0. The average Bonchev–Trinajstić information content (AvgIpc) is 3.11. The summed E-state index contributed by atoms with van der Waals surface area (Å²) in [5, 5.41) is 1.30. The van der Waals surface area contributed by atoms with Gasteiger partial charge >= 0.3 is 0 Å². The van der Waals surface area contributed by atoms with E-state index in [1.165, 1.54) is 28.6 Å². The van der Waals surface area contributed by atoms with Gasteiger partial charge in [-0.05, 0) is 70.4 Å². The molecule has 3 heterocycles. The van der Waals surface area contributed by atoms with Crippen LogP contribution < -0.4 is 0 Å². The molecule has 0 spiro atoms. The van der Waals surface area contributed by atoms with Crippen LogP contribution in [0.1, 0.15) is 64.8 Å². The lowest BCUT2D eigenvalue weighted by molar-refractivity contribution is -0.0200. The van der Waals surface area contributed by atoms with E-state index in [0.717, 1.165) is 38.2 Å². The molecule has 184 valence electrons. The topological polar surface area (TPSA) is 31.5 Å². The van der Waals surface area contributed by atoms with E-state index in [1.54, 1.807) is 13.8 Å². The number of likely N-dealkylation sites (tertiary alicyclic amines) is 1. The molecule has 1 aromatic heterocycles. The number of hydrogen-bond donors (Lipinski definition) is 1. The second-order valence-electron chi connectivity index (χ2n) is 11.6. The van der Waals surface area contributed by atoms with Crippen molar-refractivity contribution in [2.24, 2.45) is 5.41 Å². The first-order valence-corrected chi connectivity index (χ1v) is 13.0. The number of nitrogens with zero attached hydrogens (tertiary/aromatic N) is 2. The van der Waals surface area contributed by atoms with Crippen LogP contribution in [0.5, 0.6) is 0 Å². The zero-order chi connectivity index (χ0) is 24.1. The molecule has 2 aromatic rings. The van der Waals surface area contributed by atoms with Crippen molar-refractivity contribution in [3.8, 4) is 0 Å². The van der Waals surface area contributed by atoms with Crippen molar-refractivity contribution in [1.82, 2.24) is 14.8 Å². The van der Waals surface area contributed by atoms with Gasteiger partial charge in [-0.3, -0.25) is 9.80 Å². The minimum Gasteiger partial charge on any atom is -0.488 e.